The van der Waals surface area contributed by atoms with Crippen LogP contribution in [-0.4, -0.2) is 67.6 Å². The number of nitrogens with zero attached hydrogens (tertiary/aromatic N) is 1. The second kappa shape index (κ2) is 10.6. The van der Waals surface area contributed by atoms with Gasteiger partial charge in [0.25, 0.3) is 11.8 Å². The van der Waals surface area contributed by atoms with Gasteiger partial charge >= 0.3 is 0 Å². The van der Waals surface area contributed by atoms with Crippen LogP contribution in [0.5, 0.6) is 5.75 Å². The zero-order valence-electron chi connectivity index (χ0n) is 17.9. The lowest BCUT2D eigenvalue weighted by Crippen LogP contribution is -2.51. The number of hydrogen-bond acceptors (Lipinski definition) is 5. The van der Waals surface area contributed by atoms with Crippen LogP contribution in [0.2, 0.25) is 5.02 Å². The van der Waals surface area contributed by atoms with Crippen LogP contribution in [-0.2, 0) is 14.3 Å². The maximum absolute atomic E-state index is 12.8. The molecule has 0 aromatic heterocycles. The van der Waals surface area contributed by atoms with Crippen LogP contribution in [0.15, 0.2) is 18.2 Å². The third-order valence-electron chi connectivity index (χ3n) is 4.87. The molecular formula is C21H30ClN3O5. The van der Waals surface area contributed by atoms with Gasteiger partial charge in [-0.15, -0.1) is 0 Å². The number of carbonyl (C=O) groups is 3. The largest absolute Gasteiger partial charge is 0.491 e. The van der Waals surface area contributed by atoms with Gasteiger partial charge in [0, 0.05) is 25.2 Å². The van der Waals surface area contributed by atoms with E-state index in [1.807, 2.05) is 0 Å². The fraction of sp³-hybridized carbons (Fsp3) is 0.571. The van der Waals surface area contributed by atoms with E-state index in [1.54, 1.807) is 39.0 Å². The van der Waals surface area contributed by atoms with Crippen LogP contribution in [0.3, 0.4) is 0 Å². The highest BCUT2D eigenvalue weighted by Gasteiger charge is 2.32. The van der Waals surface area contributed by atoms with E-state index in [1.165, 1.54) is 12.0 Å². The van der Waals surface area contributed by atoms with Gasteiger partial charge in [0.15, 0.2) is 0 Å². The molecule has 9 heteroatoms. The lowest BCUT2D eigenvalue weighted by molar-refractivity contribution is -0.153. The highest BCUT2D eigenvalue weighted by molar-refractivity contribution is 6.31. The smallest absolute Gasteiger partial charge is 0.255 e. The summed E-state index contributed by atoms with van der Waals surface area (Å²) in [6.45, 7) is 6.01. The van der Waals surface area contributed by atoms with E-state index in [9.17, 15) is 14.4 Å². The molecule has 1 aliphatic heterocycles. The van der Waals surface area contributed by atoms with Crippen molar-refractivity contribution in [2.24, 2.45) is 0 Å². The summed E-state index contributed by atoms with van der Waals surface area (Å²) < 4.78 is 11.0. The molecule has 0 spiro atoms. The number of benzene rings is 1. The lowest BCUT2D eigenvalue weighted by atomic mass is 10.1. The predicted molar refractivity (Wildman–Crippen MR) is 114 cm³/mol. The van der Waals surface area contributed by atoms with Gasteiger partial charge < -0.3 is 25.0 Å². The third-order valence-corrected chi connectivity index (χ3v) is 5.10. The standard InChI is InChI=1S/C21H30ClN3O5/c1-14-13-30-17-8-7-15(22)11-16(17)19(27)23-9-5-6-10-25(12-18(26)24-14)20(28)21(2,3)29-4/h7-8,11,14H,5-6,9-10,12-13H2,1-4H3,(H,23,27)(H,24,26)/t14-/m0/s1. The third kappa shape index (κ3) is 6.60. The van der Waals surface area contributed by atoms with E-state index in [-0.39, 0.29) is 36.9 Å². The number of carbonyl (C=O) groups excluding carboxylic acids is 3. The van der Waals surface area contributed by atoms with Crippen molar-refractivity contribution in [3.8, 4) is 5.75 Å². The molecule has 0 saturated carbocycles. The molecule has 0 radical (unpaired) electrons. The molecule has 0 saturated heterocycles. The highest BCUT2D eigenvalue weighted by atomic mass is 35.5. The van der Waals surface area contributed by atoms with Crippen LogP contribution in [0, 0.1) is 0 Å². The molecule has 2 N–H and O–H groups in total. The van der Waals surface area contributed by atoms with E-state index >= 15 is 0 Å². The van der Waals surface area contributed by atoms with Crippen molar-refractivity contribution in [3.05, 3.63) is 28.8 Å². The molecule has 1 aromatic rings. The van der Waals surface area contributed by atoms with Crippen LogP contribution >= 0.6 is 11.6 Å². The van der Waals surface area contributed by atoms with Crippen LogP contribution in [0.25, 0.3) is 0 Å². The van der Waals surface area contributed by atoms with Crippen LogP contribution in [0.1, 0.15) is 44.0 Å². The molecule has 8 nitrogen and oxygen atoms in total. The van der Waals surface area contributed by atoms with Crippen molar-refractivity contribution in [1.82, 2.24) is 15.5 Å². The Labute approximate surface area is 182 Å². The van der Waals surface area contributed by atoms with Crippen molar-refractivity contribution < 1.29 is 23.9 Å². The summed E-state index contributed by atoms with van der Waals surface area (Å²) in [5.41, 5.74) is -0.692. The molecule has 0 fully saturated rings. The van der Waals surface area contributed by atoms with Gasteiger partial charge in [0.2, 0.25) is 5.91 Å². The average Bonchev–Trinajstić information content (AvgIpc) is 2.70. The van der Waals surface area contributed by atoms with Gasteiger partial charge in [-0.3, -0.25) is 14.4 Å². The molecule has 0 bridgehead atoms. The first-order chi connectivity index (χ1) is 14.1. The summed E-state index contributed by atoms with van der Waals surface area (Å²) in [5, 5.41) is 6.12. The Morgan fingerprint density at radius 2 is 2.03 bits per heavy atom. The second-order valence-electron chi connectivity index (χ2n) is 7.82. The van der Waals surface area contributed by atoms with Gasteiger partial charge in [0.1, 0.15) is 18.0 Å². The van der Waals surface area contributed by atoms with Crippen molar-refractivity contribution in [1.29, 1.82) is 0 Å². The second-order valence-corrected chi connectivity index (χ2v) is 8.26. The molecule has 1 aromatic carbocycles. The average molecular weight is 440 g/mol. The number of methoxy groups -OCH3 is 1. The summed E-state index contributed by atoms with van der Waals surface area (Å²) in [4.78, 5) is 39.4. The molecule has 166 valence electrons. The number of halogens is 1. The summed E-state index contributed by atoms with van der Waals surface area (Å²) in [6, 6.07) is 4.51. The van der Waals surface area contributed by atoms with E-state index in [0.717, 1.165) is 0 Å². The first-order valence-electron chi connectivity index (χ1n) is 9.98. The maximum atomic E-state index is 12.8. The topological polar surface area (TPSA) is 97.0 Å². The summed E-state index contributed by atoms with van der Waals surface area (Å²) >= 11 is 6.04. The highest BCUT2D eigenvalue weighted by Crippen LogP contribution is 2.23. The van der Waals surface area contributed by atoms with Crippen molar-refractivity contribution in [2.75, 3.05) is 33.4 Å². The van der Waals surface area contributed by atoms with Crippen LogP contribution < -0.4 is 15.4 Å². The van der Waals surface area contributed by atoms with Gasteiger partial charge in [-0.05, 0) is 51.8 Å². The molecular weight excluding hydrogens is 410 g/mol. The molecule has 2 rings (SSSR count). The number of nitrogens with one attached hydrogen (secondary N) is 2. The molecule has 1 atom stereocenters. The van der Waals surface area contributed by atoms with E-state index in [0.29, 0.717) is 42.3 Å². The minimum atomic E-state index is -1.03. The first-order valence-corrected chi connectivity index (χ1v) is 10.4. The zero-order chi connectivity index (χ0) is 22.3. The fourth-order valence-electron chi connectivity index (χ4n) is 3.00. The number of ether oxygens (including phenoxy) is 2. The lowest BCUT2D eigenvalue weighted by Gasteiger charge is -2.31. The SMILES string of the molecule is COC(C)(C)C(=O)N1CCCCNC(=O)c2cc(Cl)ccc2OC[C@H](C)NC(=O)C1. The zero-order valence-corrected chi connectivity index (χ0v) is 18.7. The Hall–Kier alpha value is -2.32. The number of rotatable bonds is 2. The minimum Gasteiger partial charge on any atom is -0.491 e. The van der Waals surface area contributed by atoms with E-state index in [4.69, 9.17) is 21.1 Å². The maximum Gasteiger partial charge on any atom is 0.255 e. The molecule has 1 aliphatic rings. The molecule has 3 amide bonds. The molecule has 0 unspecified atom stereocenters. The number of hydrogen-bond donors (Lipinski definition) is 2. The van der Waals surface area contributed by atoms with Gasteiger partial charge in [-0.25, -0.2) is 0 Å². The normalized spacial score (nSPS) is 19.5. The van der Waals surface area contributed by atoms with E-state index < -0.39 is 5.60 Å². The molecule has 30 heavy (non-hydrogen) atoms. The number of amides is 3. The van der Waals surface area contributed by atoms with Gasteiger partial charge in [-0.2, -0.15) is 0 Å². The Morgan fingerprint density at radius 3 is 2.73 bits per heavy atom. The van der Waals surface area contributed by atoms with Crippen LogP contribution in [0.4, 0.5) is 0 Å². The van der Waals surface area contributed by atoms with E-state index in [2.05, 4.69) is 10.6 Å². The number of fused-ring (bicyclic) bond motifs is 1. The molecule has 1 heterocycles. The monoisotopic (exact) mass is 439 g/mol. The Bertz CT molecular complexity index is 784. The van der Waals surface area contributed by atoms with Gasteiger partial charge in [-0.1, -0.05) is 11.6 Å². The summed E-state index contributed by atoms with van der Waals surface area (Å²) in [7, 11) is 1.46. The summed E-state index contributed by atoms with van der Waals surface area (Å²) in [5.74, 6) is -0.440. The van der Waals surface area contributed by atoms with Crippen molar-refractivity contribution in [2.45, 2.75) is 45.3 Å². The Morgan fingerprint density at radius 1 is 1.30 bits per heavy atom. The quantitative estimate of drug-likeness (QED) is 0.734. The Kier molecular flexibility index (Phi) is 8.49. The van der Waals surface area contributed by atoms with Crippen molar-refractivity contribution >= 4 is 29.3 Å². The Balaban J connectivity index is 2.18. The first kappa shape index (κ1) is 24.0. The summed E-state index contributed by atoms with van der Waals surface area (Å²) in [6.07, 6.45) is 1.26. The van der Waals surface area contributed by atoms with Gasteiger partial charge in [0.05, 0.1) is 18.2 Å². The molecule has 0 aliphatic carbocycles. The van der Waals surface area contributed by atoms with Crippen molar-refractivity contribution in [3.63, 3.8) is 0 Å². The predicted octanol–water partition coefficient (Wildman–Crippen LogP) is 2.00. The minimum absolute atomic E-state index is 0.0749. The fourth-order valence-corrected chi connectivity index (χ4v) is 3.17.